The lowest BCUT2D eigenvalue weighted by Crippen LogP contribution is -2.46. The Balaban J connectivity index is 1.88. The predicted octanol–water partition coefficient (Wildman–Crippen LogP) is 1.68. The SMILES string of the molecule is CC1CCC(NC(=O)N2CCC(C(=O)O)C2C)C1. The zero-order chi connectivity index (χ0) is 13.3. The van der Waals surface area contributed by atoms with Crippen molar-refractivity contribution in [2.24, 2.45) is 11.8 Å². The van der Waals surface area contributed by atoms with Crippen LogP contribution in [-0.4, -0.2) is 40.6 Å². The van der Waals surface area contributed by atoms with Crippen molar-refractivity contribution < 1.29 is 14.7 Å². The highest BCUT2D eigenvalue weighted by Gasteiger charge is 2.38. The van der Waals surface area contributed by atoms with Crippen molar-refractivity contribution in [3.8, 4) is 0 Å². The molecule has 18 heavy (non-hydrogen) atoms. The van der Waals surface area contributed by atoms with E-state index in [1.165, 1.54) is 0 Å². The summed E-state index contributed by atoms with van der Waals surface area (Å²) in [7, 11) is 0. The minimum atomic E-state index is -0.799. The molecule has 2 aliphatic rings. The molecule has 0 aromatic rings. The fourth-order valence-electron chi connectivity index (χ4n) is 3.15. The van der Waals surface area contributed by atoms with Crippen LogP contribution < -0.4 is 5.32 Å². The zero-order valence-electron chi connectivity index (χ0n) is 11.1. The topological polar surface area (TPSA) is 69.6 Å². The van der Waals surface area contributed by atoms with E-state index in [-0.39, 0.29) is 18.1 Å². The number of likely N-dealkylation sites (tertiary alicyclic amines) is 1. The zero-order valence-corrected chi connectivity index (χ0v) is 11.1. The van der Waals surface area contributed by atoms with Gasteiger partial charge >= 0.3 is 12.0 Å². The molecule has 0 aromatic heterocycles. The van der Waals surface area contributed by atoms with Crippen LogP contribution in [-0.2, 0) is 4.79 Å². The van der Waals surface area contributed by atoms with Crippen LogP contribution in [0.2, 0.25) is 0 Å². The monoisotopic (exact) mass is 254 g/mol. The van der Waals surface area contributed by atoms with Crippen LogP contribution >= 0.6 is 0 Å². The van der Waals surface area contributed by atoms with Crippen molar-refractivity contribution in [3.63, 3.8) is 0 Å². The fraction of sp³-hybridized carbons (Fsp3) is 0.846. The number of aliphatic carboxylic acids is 1. The summed E-state index contributed by atoms with van der Waals surface area (Å²) >= 11 is 0. The van der Waals surface area contributed by atoms with E-state index < -0.39 is 11.9 Å². The number of amides is 2. The van der Waals surface area contributed by atoms with Crippen LogP contribution in [0.5, 0.6) is 0 Å². The summed E-state index contributed by atoms with van der Waals surface area (Å²) in [4.78, 5) is 24.8. The van der Waals surface area contributed by atoms with Crippen molar-refractivity contribution in [3.05, 3.63) is 0 Å². The van der Waals surface area contributed by atoms with Gasteiger partial charge in [-0.15, -0.1) is 0 Å². The van der Waals surface area contributed by atoms with Gasteiger partial charge < -0.3 is 15.3 Å². The van der Waals surface area contributed by atoms with Gasteiger partial charge in [-0.1, -0.05) is 6.92 Å². The maximum atomic E-state index is 12.1. The normalized spacial score (nSPS) is 35.8. The van der Waals surface area contributed by atoms with E-state index in [1.807, 2.05) is 6.92 Å². The largest absolute Gasteiger partial charge is 0.481 e. The highest BCUT2D eigenvalue weighted by atomic mass is 16.4. The summed E-state index contributed by atoms with van der Waals surface area (Å²) in [5.41, 5.74) is 0. The molecule has 5 heteroatoms. The molecule has 102 valence electrons. The summed E-state index contributed by atoms with van der Waals surface area (Å²) in [6, 6.07) is -0.0322. The first-order chi connectivity index (χ1) is 8.49. The standard InChI is InChI=1S/C13H22N2O3/c1-8-3-4-10(7-8)14-13(18)15-6-5-11(9(15)2)12(16)17/h8-11H,3-7H2,1-2H3,(H,14,18)(H,16,17). The lowest BCUT2D eigenvalue weighted by atomic mass is 10.0. The van der Waals surface area contributed by atoms with Crippen molar-refractivity contribution in [1.82, 2.24) is 10.2 Å². The van der Waals surface area contributed by atoms with Crippen molar-refractivity contribution in [1.29, 1.82) is 0 Å². The predicted molar refractivity (Wildman–Crippen MR) is 67.2 cm³/mol. The molecular formula is C13H22N2O3. The van der Waals surface area contributed by atoms with Gasteiger partial charge in [0.15, 0.2) is 0 Å². The van der Waals surface area contributed by atoms with Gasteiger partial charge in [0.25, 0.3) is 0 Å². The van der Waals surface area contributed by atoms with E-state index in [2.05, 4.69) is 12.2 Å². The second kappa shape index (κ2) is 5.16. The molecule has 4 atom stereocenters. The quantitative estimate of drug-likeness (QED) is 0.787. The molecule has 0 aromatic carbocycles. The number of nitrogens with zero attached hydrogens (tertiary/aromatic N) is 1. The molecule has 1 saturated carbocycles. The number of nitrogens with one attached hydrogen (secondary N) is 1. The third-order valence-corrected chi connectivity index (χ3v) is 4.36. The second-order valence-corrected chi connectivity index (χ2v) is 5.73. The molecular weight excluding hydrogens is 232 g/mol. The molecule has 2 rings (SSSR count). The molecule has 2 N–H and O–H groups in total. The summed E-state index contributed by atoms with van der Waals surface area (Å²) in [5.74, 6) is -0.538. The Labute approximate surface area is 108 Å². The Bertz CT molecular complexity index is 345. The molecule has 1 heterocycles. The van der Waals surface area contributed by atoms with Gasteiger partial charge in [-0.3, -0.25) is 4.79 Å². The first-order valence-electron chi connectivity index (χ1n) is 6.79. The number of hydrogen-bond acceptors (Lipinski definition) is 2. The molecule has 0 radical (unpaired) electrons. The number of carboxylic acid groups (broad SMARTS) is 1. The summed E-state index contributed by atoms with van der Waals surface area (Å²) in [6.45, 7) is 4.57. The summed E-state index contributed by atoms with van der Waals surface area (Å²) < 4.78 is 0. The van der Waals surface area contributed by atoms with Crippen LogP contribution in [0.1, 0.15) is 39.5 Å². The summed E-state index contributed by atoms with van der Waals surface area (Å²) in [5, 5.41) is 12.1. The average Bonchev–Trinajstić information content (AvgIpc) is 2.85. The highest BCUT2D eigenvalue weighted by molar-refractivity contribution is 5.78. The molecule has 5 nitrogen and oxygen atoms in total. The minimum absolute atomic E-state index is 0.0923. The van der Waals surface area contributed by atoms with E-state index in [9.17, 15) is 9.59 Å². The van der Waals surface area contributed by atoms with Crippen molar-refractivity contribution >= 4 is 12.0 Å². The maximum absolute atomic E-state index is 12.1. The van der Waals surface area contributed by atoms with Gasteiger partial charge in [0.1, 0.15) is 0 Å². The molecule has 2 amide bonds. The van der Waals surface area contributed by atoms with E-state index in [4.69, 9.17) is 5.11 Å². The Morgan fingerprint density at radius 1 is 1.22 bits per heavy atom. The van der Waals surface area contributed by atoms with E-state index in [0.29, 0.717) is 18.9 Å². The Morgan fingerprint density at radius 3 is 2.44 bits per heavy atom. The average molecular weight is 254 g/mol. The maximum Gasteiger partial charge on any atom is 0.317 e. The first-order valence-corrected chi connectivity index (χ1v) is 6.79. The lowest BCUT2D eigenvalue weighted by Gasteiger charge is -2.25. The van der Waals surface area contributed by atoms with Gasteiger partial charge in [-0.2, -0.15) is 0 Å². The van der Waals surface area contributed by atoms with E-state index >= 15 is 0 Å². The second-order valence-electron chi connectivity index (χ2n) is 5.73. The van der Waals surface area contributed by atoms with Crippen LogP contribution in [0.15, 0.2) is 0 Å². The van der Waals surface area contributed by atoms with Crippen molar-refractivity contribution in [2.75, 3.05) is 6.54 Å². The van der Waals surface area contributed by atoms with E-state index in [1.54, 1.807) is 4.90 Å². The third-order valence-electron chi connectivity index (χ3n) is 4.36. The minimum Gasteiger partial charge on any atom is -0.481 e. The fourth-order valence-corrected chi connectivity index (χ4v) is 3.15. The first kappa shape index (κ1) is 13.2. The van der Waals surface area contributed by atoms with Crippen LogP contribution in [0.3, 0.4) is 0 Å². The van der Waals surface area contributed by atoms with Crippen LogP contribution in [0, 0.1) is 11.8 Å². The van der Waals surface area contributed by atoms with Gasteiger partial charge in [-0.25, -0.2) is 4.79 Å². The molecule has 4 unspecified atom stereocenters. The Hall–Kier alpha value is -1.26. The summed E-state index contributed by atoms with van der Waals surface area (Å²) in [6.07, 6.45) is 3.80. The van der Waals surface area contributed by atoms with Gasteiger partial charge in [0, 0.05) is 18.6 Å². The number of carboxylic acids is 1. The van der Waals surface area contributed by atoms with Crippen molar-refractivity contribution in [2.45, 2.75) is 51.6 Å². The number of carbonyl (C=O) groups is 2. The number of rotatable bonds is 2. The molecule has 1 aliphatic heterocycles. The van der Waals surface area contributed by atoms with Gasteiger partial charge in [-0.05, 0) is 38.5 Å². The molecule has 1 saturated heterocycles. The lowest BCUT2D eigenvalue weighted by molar-refractivity contribution is -0.142. The van der Waals surface area contributed by atoms with Crippen LogP contribution in [0.4, 0.5) is 4.79 Å². The number of hydrogen-bond donors (Lipinski definition) is 2. The molecule has 0 bridgehead atoms. The Morgan fingerprint density at radius 2 is 1.94 bits per heavy atom. The highest BCUT2D eigenvalue weighted by Crippen LogP contribution is 2.27. The number of carbonyl (C=O) groups excluding carboxylic acids is 1. The van der Waals surface area contributed by atoms with Crippen LogP contribution in [0.25, 0.3) is 0 Å². The molecule has 0 spiro atoms. The molecule has 2 fully saturated rings. The third kappa shape index (κ3) is 2.60. The van der Waals surface area contributed by atoms with Gasteiger partial charge in [0.05, 0.1) is 5.92 Å². The number of urea groups is 1. The van der Waals surface area contributed by atoms with E-state index in [0.717, 1.165) is 19.3 Å². The Kier molecular flexibility index (Phi) is 3.78. The van der Waals surface area contributed by atoms with Gasteiger partial charge in [0.2, 0.25) is 0 Å². The molecule has 1 aliphatic carbocycles. The smallest absolute Gasteiger partial charge is 0.317 e.